The number of cyclic esters (lactones) is 1. The number of carbonyl (C=O) groups is 1. The number of nitrogens with zero attached hydrogens (tertiary/aromatic N) is 1. The summed E-state index contributed by atoms with van der Waals surface area (Å²) < 4.78 is 7.26. The lowest BCUT2D eigenvalue weighted by atomic mass is 9.83. The second-order valence-corrected chi connectivity index (χ2v) is 9.06. The second kappa shape index (κ2) is 7.75. The van der Waals surface area contributed by atoms with Gasteiger partial charge in [0.05, 0.1) is 6.04 Å². The molecule has 3 nitrogen and oxygen atoms in total. The van der Waals surface area contributed by atoms with E-state index < -0.39 is 5.60 Å². The van der Waals surface area contributed by atoms with Gasteiger partial charge in [-0.25, -0.2) is 4.79 Å². The molecule has 0 aromatic heterocycles. The van der Waals surface area contributed by atoms with Gasteiger partial charge in [-0.05, 0) is 48.9 Å². The van der Waals surface area contributed by atoms with Crippen molar-refractivity contribution in [3.8, 4) is 0 Å². The number of hydrogen-bond acceptors (Lipinski definition) is 2. The van der Waals surface area contributed by atoms with Crippen LogP contribution in [0.5, 0.6) is 0 Å². The van der Waals surface area contributed by atoms with E-state index in [1.165, 1.54) is 18.4 Å². The van der Waals surface area contributed by atoms with Gasteiger partial charge in [0, 0.05) is 23.9 Å². The minimum atomic E-state index is -0.617. The molecule has 0 bridgehead atoms. The molecule has 4 rings (SSSR count). The first-order valence-electron chi connectivity index (χ1n) is 9.93. The lowest BCUT2D eigenvalue weighted by molar-refractivity contribution is -0.0637. The van der Waals surface area contributed by atoms with Gasteiger partial charge in [0.15, 0.2) is 0 Å². The highest BCUT2D eigenvalue weighted by molar-refractivity contribution is 9.10. The Morgan fingerprint density at radius 1 is 1.21 bits per heavy atom. The first-order chi connectivity index (χ1) is 13.5. The molecule has 28 heavy (non-hydrogen) atoms. The molecule has 0 unspecified atom stereocenters. The molecule has 1 heterocycles. The van der Waals surface area contributed by atoms with E-state index in [-0.39, 0.29) is 12.1 Å². The molecule has 4 heteroatoms. The second-order valence-electron chi connectivity index (χ2n) is 8.14. The number of rotatable bonds is 6. The van der Waals surface area contributed by atoms with Crippen molar-refractivity contribution in [1.82, 2.24) is 4.90 Å². The van der Waals surface area contributed by atoms with E-state index in [1.807, 2.05) is 30.0 Å². The smallest absolute Gasteiger partial charge is 0.411 e. The summed E-state index contributed by atoms with van der Waals surface area (Å²) in [6.07, 6.45) is 3.55. The fourth-order valence-electron chi connectivity index (χ4n) is 4.36. The Bertz CT molecular complexity index is 860. The largest absolute Gasteiger partial charge is 0.437 e. The maximum atomic E-state index is 13.2. The summed E-state index contributed by atoms with van der Waals surface area (Å²) in [5, 5.41) is 0. The van der Waals surface area contributed by atoms with Gasteiger partial charge < -0.3 is 9.64 Å². The van der Waals surface area contributed by atoms with Crippen LogP contribution < -0.4 is 0 Å². The van der Waals surface area contributed by atoms with Crippen molar-refractivity contribution in [2.75, 3.05) is 6.54 Å². The quantitative estimate of drug-likeness (QED) is 0.474. The average molecular weight is 440 g/mol. The third-order valence-electron chi connectivity index (χ3n) is 5.78. The fourth-order valence-corrected chi connectivity index (χ4v) is 4.62. The number of ether oxygens (including phenoxy) is 1. The molecule has 0 radical (unpaired) electrons. The molecule has 2 fully saturated rings. The zero-order valence-corrected chi connectivity index (χ0v) is 17.8. The topological polar surface area (TPSA) is 29.5 Å². The average Bonchev–Trinajstić information content (AvgIpc) is 3.50. The number of carbonyl (C=O) groups excluding carboxylic acids is 1. The van der Waals surface area contributed by atoms with Gasteiger partial charge in [-0.1, -0.05) is 70.5 Å². The zero-order valence-electron chi connectivity index (χ0n) is 16.2. The van der Waals surface area contributed by atoms with Crippen LogP contribution in [-0.2, 0) is 10.3 Å². The van der Waals surface area contributed by atoms with Crippen molar-refractivity contribution in [3.63, 3.8) is 0 Å². The molecule has 1 aliphatic heterocycles. The fraction of sp³-hybridized carbons (Fsp3) is 0.375. The summed E-state index contributed by atoms with van der Waals surface area (Å²) in [5.74, 6) is 0.527. The van der Waals surface area contributed by atoms with Crippen LogP contribution in [0.1, 0.15) is 49.8 Å². The van der Waals surface area contributed by atoms with E-state index in [9.17, 15) is 4.79 Å². The molecule has 1 saturated carbocycles. The van der Waals surface area contributed by atoms with Crippen LogP contribution in [0, 0.1) is 5.92 Å². The Morgan fingerprint density at radius 2 is 1.89 bits per heavy atom. The number of benzene rings is 2. The Kier molecular flexibility index (Phi) is 5.33. The molecule has 146 valence electrons. The van der Waals surface area contributed by atoms with Gasteiger partial charge in [0.2, 0.25) is 0 Å². The normalized spacial score (nSPS) is 23.2. The van der Waals surface area contributed by atoms with Crippen LogP contribution in [0.4, 0.5) is 4.79 Å². The molecular formula is C24H26BrNO2. The molecular weight excluding hydrogens is 414 g/mol. The number of hydrogen-bond donors (Lipinski definition) is 0. The summed E-state index contributed by atoms with van der Waals surface area (Å²) >= 11 is 3.51. The first kappa shape index (κ1) is 19.3. The SMILES string of the molecule is C=C(C)C[C@@]1(c2ccccc2)CCN([C@H](c2ccc(Br)cc2)C2CC2)C(=O)O1. The lowest BCUT2D eigenvalue weighted by Gasteiger charge is -2.44. The van der Waals surface area contributed by atoms with Crippen LogP contribution >= 0.6 is 15.9 Å². The minimum Gasteiger partial charge on any atom is -0.437 e. The van der Waals surface area contributed by atoms with E-state index in [0.717, 1.165) is 22.0 Å². The highest BCUT2D eigenvalue weighted by Crippen LogP contribution is 2.48. The lowest BCUT2D eigenvalue weighted by Crippen LogP contribution is -2.49. The number of halogens is 1. The Morgan fingerprint density at radius 3 is 2.46 bits per heavy atom. The molecule has 2 atom stereocenters. The molecule has 1 amide bonds. The van der Waals surface area contributed by atoms with Crippen molar-refractivity contribution < 1.29 is 9.53 Å². The maximum Gasteiger partial charge on any atom is 0.411 e. The monoisotopic (exact) mass is 439 g/mol. The molecule has 1 saturated heterocycles. The van der Waals surface area contributed by atoms with Crippen molar-refractivity contribution in [3.05, 3.63) is 82.3 Å². The third kappa shape index (κ3) is 3.88. The van der Waals surface area contributed by atoms with Crippen LogP contribution in [-0.4, -0.2) is 17.5 Å². The maximum absolute atomic E-state index is 13.2. The standard InChI is InChI=1S/C24H26BrNO2/c1-17(2)16-24(20-6-4-3-5-7-20)14-15-26(23(27)28-24)22(18-8-9-18)19-10-12-21(25)13-11-19/h3-7,10-13,18,22H,1,8-9,14-16H2,2H3/t22-,24+/m0/s1. The summed E-state index contributed by atoms with van der Waals surface area (Å²) in [7, 11) is 0. The van der Waals surface area contributed by atoms with E-state index in [2.05, 4.69) is 58.9 Å². The van der Waals surface area contributed by atoms with Gasteiger partial charge in [-0.15, -0.1) is 0 Å². The van der Waals surface area contributed by atoms with E-state index in [1.54, 1.807) is 0 Å². The zero-order chi connectivity index (χ0) is 19.7. The summed E-state index contributed by atoms with van der Waals surface area (Å²) in [6, 6.07) is 18.5. The van der Waals surface area contributed by atoms with Crippen LogP contribution in [0.15, 0.2) is 71.2 Å². The molecule has 2 aliphatic rings. The van der Waals surface area contributed by atoms with Crippen LogP contribution in [0.3, 0.4) is 0 Å². The summed E-state index contributed by atoms with van der Waals surface area (Å²) in [6.45, 7) is 6.78. The molecule has 2 aromatic carbocycles. The highest BCUT2D eigenvalue weighted by Gasteiger charge is 2.47. The Balaban J connectivity index is 1.62. The Labute approximate surface area is 175 Å². The van der Waals surface area contributed by atoms with Gasteiger partial charge in [-0.2, -0.15) is 0 Å². The predicted molar refractivity (Wildman–Crippen MR) is 115 cm³/mol. The van der Waals surface area contributed by atoms with Crippen LogP contribution in [0.2, 0.25) is 0 Å². The van der Waals surface area contributed by atoms with E-state index in [4.69, 9.17) is 4.74 Å². The van der Waals surface area contributed by atoms with Gasteiger partial charge in [-0.3, -0.25) is 0 Å². The molecule has 0 N–H and O–H groups in total. The Hall–Kier alpha value is -2.07. The van der Waals surface area contributed by atoms with Gasteiger partial charge in [0.1, 0.15) is 5.60 Å². The predicted octanol–water partition coefficient (Wildman–Crippen LogP) is 6.60. The first-order valence-corrected chi connectivity index (χ1v) is 10.7. The third-order valence-corrected chi connectivity index (χ3v) is 6.31. The van der Waals surface area contributed by atoms with Gasteiger partial charge in [0.25, 0.3) is 0 Å². The minimum absolute atomic E-state index is 0.0965. The van der Waals surface area contributed by atoms with Crippen molar-refractivity contribution in [2.24, 2.45) is 5.92 Å². The van der Waals surface area contributed by atoms with Crippen molar-refractivity contribution in [1.29, 1.82) is 0 Å². The summed E-state index contributed by atoms with van der Waals surface area (Å²) in [5.41, 5.74) is 2.65. The number of amides is 1. The van der Waals surface area contributed by atoms with Crippen LogP contribution in [0.25, 0.3) is 0 Å². The summed E-state index contributed by atoms with van der Waals surface area (Å²) in [4.78, 5) is 15.2. The van der Waals surface area contributed by atoms with Crippen molar-refractivity contribution >= 4 is 22.0 Å². The molecule has 2 aromatic rings. The van der Waals surface area contributed by atoms with E-state index >= 15 is 0 Å². The van der Waals surface area contributed by atoms with Crippen molar-refractivity contribution in [2.45, 2.75) is 44.2 Å². The van der Waals surface area contributed by atoms with E-state index in [0.29, 0.717) is 18.9 Å². The highest BCUT2D eigenvalue weighted by atomic mass is 79.9. The molecule has 1 aliphatic carbocycles. The molecule has 0 spiro atoms. The van der Waals surface area contributed by atoms with Gasteiger partial charge >= 0.3 is 6.09 Å².